The second-order valence-electron chi connectivity index (χ2n) is 4.87. The van der Waals surface area contributed by atoms with Gasteiger partial charge in [-0.05, 0) is 60.6 Å². The van der Waals surface area contributed by atoms with Gasteiger partial charge in [0.25, 0.3) is 5.91 Å². The van der Waals surface area contributed by atoms with Crippen LogP contribution in [0.1, 0.15) is 36.5 Å². The number of hydrogen-bond acceptors (Lipinski definition) is 3. The molecule has 102 valence electrons. The van der Waals surface area contributed by atoms with Gasteiger partial charge in [-0.3, -0.25) is 9.59 Å². The molecule has 1 heterocycles. The number of nitrogens with zero attached hydrogens (tertiary/aromatic N) is 1. The third kappa shape index (κ3) is 3.26. The van der Waals surface area contributed by atoms with Crippen LogP contribution in [0.3, 0.4) is 0 Å². The van der Waals surface area contributed by atoms with Crippen molar-refractivity contribution < 1.29 is 14.7 Å². The Labute approximate surface area is 125 Å². The van der Waals surface area contributed by atoms with Gasteiger partial charge in [0, 0.05) is 24.6 Å². The summed E-state index contributed by atoms with van der Waals surface area (Å²) in [6.07, 6.45) is 2.23. The van der Waals surface area contributed by atoms with Crippen molar-refractivity contribution >= 4 is 34.3 Å². The predicted octanol–water partition coefficient (Wildman–Crippen LogP) is 2.58. The molecule has 1 aliphatic heterocycles. The van der Waals surface area contributed by atoms with E-state index < -0.39 is 0 Å². The lowest BCUT2D eigenvalue weighted by atomic mass is 10.1. The summed E-state index contributed by atoms with van der Waals surface area (Å²) in [4.78, 5) is 25.4. The molecule has 0 bridgehead atoms. The number of benzene rings is 1. The van der Waals surface area contributed by atoms with Gasteiger partial charge in [0.1, 0.15) is 11.5 Å². The minimum absolute atomic E-state index is 0.00595. The fourth-order valence-electron chi connectivity index (χ4n) is 2.46. The Balaban J connectivity index is 2.18. The predicted molar refractivity (Wildman–Crippen MR) is 80.2 cm³/mol. The zero-order valence-corrected chi connectivity index (χ0v) is 12.9. The standard InChI is InChI=1S/C14H16INO3/c1-9(17)7-11-3-2-6-16(11)14(19)10-4-5-12(15)13(18)8-10/h4-5,8,11,18H,2-3,6-7H2,1H3. The van der Waals surface area contributed by atoms with E-state index in [1.165, 1.54) is 6.07 Å². The Morgan fingerprint density at radius 3 is 2.84 bits per heavy atom. The molecule has 1 amide bonds. The largest absolute Gasteiger partial charge is 0.507 e. The topological polar surface area (TPSA) is 57.6 Å². The zero-order valence-electron chi connectivity index (χ0n) is 10.7. The summed E-state index contributed by atoms with van der Waals surface area (Å²) in [5, 5.41) is 9.67. The summed E-state index contributed by atoms with van der Waals surface area (Å²) in [7, 11) is 0. The van der Waals surface area contributed by atoms with E-state index in [9.17, 15) is 14.7 Å². The quantitative estimate of drug-likeness (QED) is 0.829. The van der Waals surface area contributed by atoms with E-state index >= 15 is 0 Å². The first kappa shape index (κ1) is 14.3. The number of aromatic hydroxyl groups is 1. The molecule has 1 aliphatic rings. The van der Waals surface area contributed by atoms with Crippen LogP contribution in [0.25, 0.3) is 0 Å². The molecule has 5 heteroatoms. The Hall–Kier alpha value is -1.11. The van der Waals surface area contributed by atoms with Crippen molar-refractivity contribution in [3.05, 3.63) is 27.3 Å². The summed E-state index contributed by atoms with van der Waals surface area (Å²) in [5.74, 6) is 0.124. The third-order valence-corrected chi connectivity index (χ3v) is 4.27. The summed E-state index contributed by atoms with van der Waals surface area (Å²) in [6.45, 7) is 2.24. The maximum absolute atomic E-state index is 12.4. The molecule has 1 unspecified atom stereocenters. The summed E-state index contributed by atoms with van der Waals surface area (Å²) >= 11 is 2.01. The fourth-order valence-corrected chi connectivity index (χ4v) is 2.79. The number of carbonyl (C=O) groups excluding carboxylic acids is 2. The van der Waals surface area contributed by atoms with Crippen LogP contribution in [0.4, 0.5) is 0 Å². The van der Waals surface area contributed by atoms with Gasteiger partial charge in [-0.1, -0.05) is 0 Å². The van der Waals surface area contributed by atoms with Gasteiger partial charge in [0.2, 0.25) is 0 Å². The summed E-state index contributed by atoms with van der Waals surface area (Å²) in [5.41, 5.74) is 0.480. The van der Waals surface area contributed by atoms with E-state index in [-0.39, 0.29) is 23.5 Å². The zero-order chi connectivity index (χ0) is 14.0. The molecule has 1 N–H and O–H groups in total. The molecular weight excluding hydrogens is 357 g/mol. The Morgan fingerprint density at radius 1 is 1.47 bits per heavy atom. The van der Waals surface area contributed by atoms with Gasteiger partial charge in [-0.15, -0.1) is 0 Å². The molecule has 1 atom stereocenters. The van der Waals surface area contributed by atoms with Crippen LogP contribution < -0.4 is 0 Å². The molecule has 0 saturated carbocycles. The van der Waals surface area contributed by atoms with Gasteiger partial charge in [0.05, 0.1) is 3.57 Å². The van der Waals surface area contributed by atoms with E-state index in [1.54, 1.807) is 24.0 Å². The van der Waals surface area contributed by atoms with E-state index in [2.05, 4.69) is 0 Å². The van der Waals surface area contributed by atoms with Gasteiger partial charge in [-0.2, -0.15) is 0 Å². The minimum Gasteiger partial charge on any atom is -0.507 e. The van der Waals surface area contributed by atoms with Crippen molar-refractivity contribution in [3.8, 4) is 5.75 Å². The van der Waals surface area contributed by atoms with Crippen molar-refractivity contribution in [2.45, 2.75) is 32.2 Å². The number of ketones is 1. The lowest BCUT2D eigenvalue weighted by Crippen LogP contribution is -2.36. The monoisotopic (exact) mass is 373 g/mol. The maximum Gasteiger partial charge on any atom is 0.254 e. The minimum atomic E-state index is -0.101. The van der Waals surface area contributed by atoms with Crippen LogP contribution in [0.5, 0.6) is 5.75 Å². The van der Waals surface area contributed by atoms with Gasteiger partial charge in [0.15, 0.2) is 0 Å². The fraction of sp³-hybridized carbons (Fsp3) is 0.429. The van der Waals surface area contributed by atoms with Crippen molar-refractivity contribution in [2.75, 3.05) is 6.54 Å². The lowest BCUT2D eigenvalue weighted by Gasteiger charge is -2.24. The number of likely N-dealkylation sites (tertiary alicyclic amines) is 1. The van der Waals surface area contributed by atoms with Crippen molar-refractivity contribution in [1.29, 1.82) is 0 Å². The highest BCUT2D eigenvalue weighted by Gasteiger charge is 2.30. The van der Waals surface area contributed by atoms with Crippen molar-refractivity contribution in [1.82, 2.24) is 4.90 Å². The highest BCUT2D eigenvalue weighted by molar-refractivity contribution is 14.1. The van der Waals surface area contributed by atoms with Gasteiger partial charge in [-0.25, -0.2) is 0 Å². The number of amides is 1. The van der Waals surface area contributed by atoms with Crippen LogP contribution in [-0.2, 0) is 4.79 Å². The average Bonchev–Trinajstić information content (AvgIpc) is 2.79. The van der Waals surface area contributed by atoms with Crippen molar-refractivity contribution in [2.24, 2.45) is 0 Å². The van der Waals surface area contributed by atoms with Crippen LogP contribution in [0.15, 0.2) is 18.2 Å². The van der Waals surface area contributed by atoms with Gasteiger partial charge < -0.3 is 10.0 Å². The Bertz CT molecular complexity index is 515. The number of hydrogen-bond donors (Lipinski definition) is 1. The lowest BCUT2D eigenvalue weighted by molar-refractivity contribution is -0.117. The molecule has 1 fully saturated rings. The number of rotatable bonds is 3. The second-order valence-corrected chi connectivity index (χ2v) is 6.03. The smallest absolute Gasteiger partial charge is 0.254 e. The number of Topliss-reactive ketones (excluding diaryl/α,β-unsaturated/α-hetero) is 1. The average molecular weight is 373 g/mol. The molecule has 0 aliphatic carbocycles. The first-order chi connectivity index (χ1) is 8.99. The molecule has 0 spiro atoms. The summed E-state index contributed by atoms with van der Waals surface area (Å²) < 4.78 is 0.718. The van der Waals surface area contributed by atoms with E-state index in [0.717, 1.165) is 16.4 Å². The summed E-state index contributed by atoms with van der Waals surface area (Å²) in [6, 6.07) is 4.94. The highest BCUT2D eigenvalue weighted by Crippen LogP contribution is 2.25. The first-order valence-electron chi connectivity index (χ1n) is 6.28. The normalized spacial score (nSPS) is 18.6. The highest BCUT2D eigenvalue weighted by atomic mass is 127. The van der Waals surface area contributed by atoms with Crippen LogP contribution in [-0.4, -0.2) is 34.3 Å². The molecule has 19 heavy (non-hydrogen) atoms. The van der Waals surface area contributed by atoms with Crippen LogP contribution >= 0.6 is 22.6 Å². The molecule has 0 aromatic heterocycles. The van der Waals surface area contributed by atoms with E-state index in [1.807, 2.05) is 22.6 Å². The third-order valence-electron chi connectivity index (χ3n) is 3.35. The second kappa shape index (κ2) is 5.90. The number of carbonyl (C=O) groups is 2. The molecule has 2 rings (SSSR count). The molecule has 0 radical (unpaired) electrons. The van der Waals surface area contributed by atoms with Gasteiger partial charge >= 0.3 is 0 Å². The Morgan fingerprint density at radius 2 is 2.21 bits per heavy atom. The molecule has 1 aromatic carbocycles. The Kier molecular flexibility index (Phi) is 4.44. The molecular formula is C14H16INO3. The molecule has 4 nitrogen and oxygen atoms in total. The van der Waals surface area contributed by atoms with Crippen LogP contribution in [0, 0.1) is 3.57 Å². The number of halogens is 1. The number of phenolic OH excluding ortho intramolecular Hbond substituents is 1. The molecule has 1 aromatic rings. The van der Waals surface area contributed by atoms with Crippen molar-refractivity contribution in [3.63, 3.8) is 0 Å². The van der Waals surface area contributed by atoms with Crippen LogP contribution in [0.2, 0.25) is 0 Å². The SMILES string of the molecule is CC(=O)CC1CCCN1C(=O)c1ccc(I)c(O)c1. The van der Waals surface area contributed by atoms with E-state index in [0.29, 0.717) is 18.5 Å². The first-order valence-corrected chi connectivity index (χ1v) is 7.36. The van der Waals surface area contributed by atoms with E-state index in [4.69, 9.17) is 0 Å². The number of phenols is 1. The maximum atomic E-state index is 12.4. The molecule has 1 saturated heterocycles.